The molecule has 1 aliphatic rings. The number of hydrogen-bond acceptors (Lipinski definition) is 1. The molecule has 2 heteroatoms. The lowest BCUT2D eigenvalue weighted by Gasteiger charge is -2.36. The van der Waals surface area contributed by atoms with E-state index in [1.807, 2.05) is 6.07 Å². The van der Waals surface area contributed by atoms with Crippen molar-refractivity contribution < 1.29 is 4.39 Å². The van der Waals surface area contributed by atoms with Gasteiger partial charge >= 0.3 is 0 Å². The first-order chi connectivity index (χ1) is 9.47. The van der Waals surface area contributed by atoms with Gasteiger partial charge < -0.3 is 5.32 Å². The highest BCUT2D eigenvalue weighted by Crippen LogP contribution is 2.41. The highest BCUT2D eigenvalue weighted by Gasteiger charge is 2.30. The van der Waals surface area contributed by atoms with Gasteiger partial charge in [0.1, 0.15) is 5.82 Å². The van der Waals surface area contributed by atoms with Crippen molar-refractivity contribution in [3.8, 4) is 0 Å². The fourth-order valence-electron chi connectivity index (χ4n) is 3.47. The summed E-state index contributed by atoms with van der Waals surface area (Å²) < 4.78 is 13.6. The van der Waals surface area contributed by atoms with Gasteiger partial charge in [0.2, 0.25) is 0 Å². The largest absolute Gasteiger partial charge is 0.314 e. The van der Waals surface area contributed by atoms with E-state index in [4.69, 9.17) is 0 Å². The molecule has 1 aromatic carbocycles. The zero-order chi connectivity index (χ0) is 14.7. The smallest absolute Gasteiger partial charge is 0.123 e. The zero-order valence-electron chi connectivity index (χ0n) is 13.2. The third-order valence-corrected chi connectivity index (χ3v) is 4.68. The van der Waals surface area contributed by atoms with E-state index in [-0.39, 0.29) is 5.82 Å². The topological polar surface area (TPSA) is 12.0 Å². The van der Waals surface area contributed by atoms with Gasteiger partial charge in [-0.15, -0.1) is 0 Å². The molecule has 1 saturated carbocycles. The molecule has 3 unspecified atom stereocenters. The SMILES string of the molecule is Cc1ccc(F)cc1C1CC(C)CCC1CNC(C)C. The van der Waals surface area contributed by atoms with Gasteiger partial charge in [-0.05, 0) is 67.3 Å². The van der Waals surface area contributed by atoms with E-state index in [1.165, 1.54) is 30.4 Å². The van der Waals surface area contributed by atoms with Crippen LogP contribution in [0.25, 0.3) is 0 Å². The molecule has 112 valence electrons. The summed E-state index contributed by atoms with van der Waals surface area (Å²) in [5.41, 5.74) is 2.46. The molecule has 0 saturated heterocycles. The van der Waals surface area contributed by atoms with Crippen molar-refractivity contribution in [2.24, 2.45) is 11.8 Å². The van der Waals surface area contributed by atoms with Crippen LogP contribution in [-0.4, -0.2) is 12.6 Å². The Morgan fingerprint density at radius 3 is 2.75 bits per heavy atom. The van der Waals surface area contributed by atoms with Crippen LogP contribution in [0.2, 0.25) is 0 Å². The van der Waals surface area contributed by atoms with Gasteiger partial charge in [0.05, 0.1) is 0 Å². The molecule has 1 aromatic rings. The van der Waals surface area contributed by atoms with Gasteiger partial charge in [0, 0.05) is 6.04 Å². The second-order valence-corrected chi connectivity index (χ2v) is 6.85. The number of halogens is 1. The molecular weight excluding hydrogens is 249 g/mol. The second kappa shape index (κ2) is 6.71. The third-order valence-electron chi connectivity index (χ3n) is 4.68. The van der Waals surface area contributed by atoms with Crippen LogP contribution in [0.3, 0.4) is 0 Å². The van der Waals surface area contributed by atoms with E-state index in [0.29, 0.717) is 17.9 Å². The minimum atomic E-state index is -0.0978. The van der Waals surface area contributed by atoms with Crippen molar-refractivity contribution in [1.82, 2.24) is 5.32 Å². The summed E-state index contributed by atoms with van der Waals surface area (Å²) >= 11 is 0. The molecular formula is C18H28FN. The molecule has 0 spiro atoms. The molecule has 1 fully saturated rings. The predicted octanol–water partition coefficient (Wildman–Crippen LogP) is 4.65. The van der Waals surface area contributed by atoms with Crippen molar-refractivity contribution in [3.05, 3.63) is 35.1 Å². The fourth-order valence-corrected chi connectivity index (χ4v) is 3.47. The normalized spacial score (nSPS) is 27.0. The summed E-state index contributed by atoms with van der Waals surface area (Å²) in [4.78, 5) is 0. The van der Waals surface area contributed by atoms with Crippen molar-refractivity contribution in [2.45, 2.75) is 58.9 Å². The lowest BCUT2D eigenvalue weighted by molar-refractivity contribution is 0.237. The zero-order valence-corrected chi connectivity index (χ0v) is 13.2. The Hall–Kier alpha value is -0.890. The monoisotopic (exact) mass is 277 g/mol. The summed E-state index contributed by atoms with van der Waals surface area (Å²) in [5, 5.41) is 3.57. The molecule has 0 aromatic heterocycles. The molecule has 1 nitrogen and oxygen atoms in total. The maximum Gasteiger partial charge on any atom is 0.123 e. The summed E-state index contributed by atoms with van der Waals surface area (Å²) in [6, 6.07) is 5.78. The quantitative estimate of drug-likeness (QED) is 0.844. The van der Waals surface area contributed by atoms with Gasteiger partial charge in [-0.3, -0.25) is 0 Å². The Kier molecular flexibility index (Phi) is 5.20. The molecule has 3 atom stereocenters. The molecule has 0 radical (unpaired) electrons. The van der Waals surface area contributed by atoms with E-state index in [0.717, 1.165) is 12.5 Å². The van der Waals surface area contributed by atoms with Crippen LogP contribution in [0.4, 0.5) is 4.39 Å². The summed E-state index contributed by atoms with van der Waals surface area (Å²) in [7, 11) is 0. The van der Waals surface area contributed by atoms with Gasteiger partial charge in [-0.1, -0.05) is 33.3 Å². The van der Waals surface area contributed by atoms with Gasteiger partial charge in [0.25, 0.3) is 0 Å². The molecule has 0 bridgehead atoms. The number of rotatable bonds is 4. The van der Waals surface area contributed by atoms with E-state index in [1.54, 1.807) is 12.1 Å². The van der Waals surface area contributed by atoms with E-state index in [2.05, 4.69) is 33.0 Å². The third kappa shape index (κ3) is 3.82. The van der Waals surface area contributed by atoms with Crippen molar-refractivity contribution >= 4 is 0 Å². The maximum atomic E-state index is 13.6. The van der Waals surface area contributed by atoms with Crippen LogP contribution in [0.15, 0.2) is 18.2 Å². The predicted molar refractivity (Wildman–Crippen MR) is 83.5 cm³/mol. The molecule has 0 amide bonds. The second-order valence-electron chi connectivity index (χ2n) is 6.85. The number of hydrogen-bond donors (Lipinski definition) is 1. The van der Waals surface area contributed by atoms with E-state index >= 15 is 0 Å². The number of aryl methyl sites for hydroxylation is 1. The van der Waals surface area contributed by atoms with E-state index < -0.39 is 0 Å². The summed E-state index contributed by atoms with van der Waals surface area (Å²) in [5.74, 6) is 1.78. The highest BCUT2D eigenvalue weighted by atomic mass is 19.1. The van der Waals surface area contributed by atoms with Crippen molar-refractivity contribution in [1.29, 1.82) is 0 Å². The van der Waals surface area contributed by atoms with Crippen molar-refractivity contribution in [3.63, 3.8) is 0 Å². The number of benzene rings is 1. The van der Waals surface area contributed by atoms with Gasteiger partial charge in [-0.25, -0.2) is 4.39 Å². The first kappa shape index (κ1) is 15.5. The van der Waals surface area contributed by atoms with Crippen LogP contribution >= 0.6 is 0 Å². The highest BCUT2D eigenvalue weighted by molar-refractivity contribution is 5.31. The Morgan fingerprint density at radius 2 is 2.05 bits per heavy atom. The average Bonchev–Trinajstić information content (AvgIpc) is 2.40. The minimum absolute atomic E-state index is 0.0978. The lowest BCUT2D eigenvalue weighted by atomic mass is 9.70. The number of nitrogens with one attached hydrogen (secondary N) is 1. The minimum Gasteiger partial charge on any atom is -0.314 e. The average molecular weight is 277 g/mol. The standard InChI is InChI=1S/C18H28FN/c1-12(2)20-11-15-7-5-13(3)9-18(15)17-10-16(19)8-6-14(17)4/h6,8,10,12-13,15,18,20H,5,7,9,11H2,1-4H3. The van der Waals surface area contributed by atoms with Crippen LogP contribution in [0.5, 0.6) is 0 Å². The maximum absolute atomic E-state index is 13.6. The summed E-state index contributed by atoms with van der Waals surface area (Å²) in [6.45, 7) is 9.86. The van der Waals surface area contributed by atoms with Crippen LogP contribution in [0, 0.1) is 24.6 Å². The molecule has 2 rings (SSSR count). The fraction of sp³-hybridized carbons (Fsp3) is 0.667. The van der Waals surface area contributed by atoms with Crippen LogP contribution in [0.1, 0.15) is 57.1 Å². The molecule has 1 aliphatic carbocycles. The first-order valence-electron chi connectivity index (χ1n) is 7.96. The lowest BCUT2D eigenvalue weighted by Crippen LogP contribution is -2.35. The Bertz CT molecular complexity index is 441. The molecule has 20 heavy (non-hydrogen) atoms. The molecule has 1 N–H and O–H groups in total. The first-order valence-corrected chi connectivity index (χ1v) is 7.96. The van der Waals surface area contributed by atoms with Crippen LogP contribution in [-0.2, 0) is 0 Å². The Morgan fingerprint density at radius 1 is 1.30 bits per heavy atom. The van der Waals surface area contributed by atoms with Gasteiger partial charge in [0.15, 0.2) is 0 Å². The molecule has 0 heterocycles. The summed E-state index contributed by atoms with van der Waals surface area (Å²) in [6.07, 6.45) is 3.74. The molecule has 0 aliphatic heterocycles. The Balaban J connectivity index is 2.20. The van der Waals surface area contributed by atoms with Crippen LogP contribution < -0.4 is 5.32 Å². The van der Waals surface area contributed by atoms with E-state index in [9.17, 15) is 4.39 Å². The van der Waals surface area contributed by atoms with Crippen molar-refractivity contribution in [2.75, 3.05) is 6.54 Å². The van der Waals surface area contributed by atoms with Gasteiger partial charge in [-0.2, -0.15) is 0 Å². The Labute approximate surface area is 123 Å².